The van der Waals surface area contributed by atoms with Crippen LogP contribution in [0.1, 0.15) is 19.4 Å². The Hall–Kier alpha value is -3.26. The van der Waals surface area contributed by atoms with E-state index in [9.17, 15) is 9.90 Å². The van der Waals surface area contributed by atoms with Crippen molar-refractivity contribution < 1.29 is 23.9 Å². The van der Waals surface area contributed by atoms with E-state index in [1.54, 1.807) is 18.2 Å². The molecule has 2 heterocycles. The molecule has 8 nitrogen and oxygen atoms in total. The van der Waals surface area contributed by atoms with Crippen molar-refractivity contribution in [2.24, 2.45) is 0 Å². The molecular formula is C21H20ClN3O5. The number of aromatic nitrogens is 2. The van der Waals surface area contributed by atoms with Crippen LogP contribution in [0.4, 0.5) is 4.79 Å². The Morgan fingerprint density at radius 1 is 1.23 bits per heavy atom. The molecule has 2 aromatic carbocycles. The third-order valence-electron chi connectivity index (χ3n) is 4.54. The van der Waals surface area contributed by atoms with Gasteiger partial charge in [-0.2, -0.15) is 4.98 Å². The second kappa shape index (κ2) is 8.23. The van der Waals surface area contributed by atoms with Gasteiger partial charge in [0.15, 0.2) is 0 Å². The number of hydrogen-bond donors (Lipinski definition) is 1. The van der Waals surface area contributed by atoms with Crippen molar-refractivity contribution in [1.29, 1.82) is 0 Å². The zero-order valence-electron chi connectivity index (χ0n) is 16.5. The summed E-state index contributed by atoms with van der Waals surface area (Å²) >= 11 is 6.30. The number of ether oxygens (including phenoxy) is 2. The van der Waals surface area contributed by atoms with Gasteiger partial charge in [-0.15, -0.1) is 0 Å². The maximum Gasteiger partial charge on any atom is 0.407 e. The summed E-state index contributed by atoms with van der Waals surface area (Å²) in [6, 6.07) is 10.7. The molecule has 9 heteroatoms. The summed E-state index contributed by atoms with van der Waals surface area (Å²) in [5, 5.41) is 13.8. The predicted molar refractivity (Wildman–Crippen MR) is 110 cm³/mol. The van der Waals surface area contributed by atoms with Gasteiger partial charge in [0.25, 0.3) is 5.89 Å². The summed E-state index contributed by atoms with van der Waals surface area (Å²) in [7, 11) is 0. The van der Waals surface area contributed by atoms with Gasteiger partial charge in [0.05, 0.1) is 24.2 Å². The Balaban J connectivity index is 1.58. The molecule has 0 atom stereocenters. The first-order valence-electron chi connectivity index (χ1n) is 9.45. The highest BCUT2D eigenvalue weighted by atomic mass is 35.5. The van der Waals surface area contributed by atoms with Crippen LogP contribution in [0.3, 0.4) is 0 Å². The van der Waals surface area contributed by atoms with Gasteiger partial charge in [-0.1, -0.05) is 28.9 Å². The fourth-order valence-electron chi connectivity index (χ4n) is 3.11. The fourth-order valence-corrected chi connectivity index (χ4v) is 3.34. The first kappa shape index (κ1) is 20.0. The molecular weight excluding hydrogens is 410 g/mol. The van der Waals surface area contributed by atoms with Gasteiger partial charge in [-0.25, -0.2) is 4.79 Å². The lowest BCUT2D eigenvalue weighted by Gasteiger charge is -2.14. The van der Waals surface area contributed by atoms with E-state index in [0.29, 0.717) is 45.9 Å². The van der Waals surface area contributed by atoms with Crippen molar-refractivity contribution in [2.45, 2.75) is 26.5 Å². The predicted octanol–water partition coefficient (Wildman–Crippen LogP) is 4.72. The molecule has 0 unspecified atom stereocenters. The summed E-state index contributed by atoms with van der Waals surface area (Å²) < 4.78 is 16.8. The molecule has 1 N–H and O–H groups in total. The van der Waals surface area contributed by atoms with Gasteiger partial charge >= 0.3 is 6.09 Å². The van der Waals surface area contributed by atoms with Crippen molar-refractivity contribution >= 4 is 17.7 Å². The maximum absolute atomic E-state index is 11.3. The molecule has 1 aromatic heterocycles. The lowest BCUT2D eigenvalue weighted by atomic mass is 10.1. The van der Waals surface area contributed by atoms with Crippen LogP contribution in [0.25, 0.3) is 22.8 Å². The van der Waals surface area contributed by atoms with Crippen LogP contribution >= 0.6 is 11.6 Å². The number of hydrogen-bond acceptors (Lipinski definition) is 6. The number of amides is 1. The molecule has 0 saturated carbocycles. The van der Waals surface area contributed by atoms with Gasteiger partial charge in [-0.05, 0) is 38.1 Å². The molecule has 0 radical (unpaired) electrons. The minimum Gasteiger partial charge on any atom is -0.491 e. The molecule has 156 valence electrons. The third kappa shape index (κ3) is 4.18. The SMILES string of the molecule is CC(C)Oc1ccc(-c2nc(-c3ccc4c(c3)OCCN(C(=O)O)C4)no2)cc1Cl. The topological polar surface area (TPSA) is 97.9 Å². The van der Waals surface area contributed by atoms with Gasteiger partial charge in [-0.3, -0.25) is 0 Å². The Bertz CT molecular complexity index is 1080. The molecule has 3 aromatic rings. The number of benzene rings is 2. The zero-order chi connectivity index (χ0) is 21.3. The van der Waals surface area contributed by atoms with Crippen LogP contribution < -0.4 is 9.47 Å². The van der Waals surface area contributed by atoms with Crippen molar-refractivity contribution in [3.8, 4) is 34.3 Å². The van der Waals surface area contributed by atoms with E-state index in [1.807, 2.05) is 32.0 Å². The number of halogens is 1. The smallest absolute Gasteiger partial charge is 0.407 e. The third-order valence-corrected chi connectivity index (χ3v) is 4.84. The van der Waals surface area contributed by atoms with E-state index < -0.39 is 6.09 Å². The zero-order valence-corrected chi connectivity index (χ0v) is 17.2. The summed E-state index contributed by atoms with van der Waals surface area (Å²) in [6.45, 7) is 4.72. The van der Waals surface area contributed by atoms with Crippen LogP contribution in [0.2, 0.25) is 5.02 Å². The number of nitrogens with zero attached hydrogens (tertiary/aromatic N) is 3. The van der Waals surface area contributed by atoms with E-state index in [0.717, 1.165) is 5.56 Å². The summed E-state index contributed by atoms with van der Waals surface area (Å²) in [6.07, 6.45) is -0.955. The van der Waals surface area contributed by atoms with Gasteiger partial charge < -0.3 is 24.0 Å². The number of carboxylic acid groups (broad SMARTS) is 1. The molecule has 4 rings (SSSR count). The Kier molecular flexibility index (Phi) is 5.50. The average Bonchev–Trinajstić information content (AvgIpc) is 3.09. The monoisotopic (exact) mass is 429 g/mol. The Morgan fingerprint density at radius 2 is 2.03 bits per heavy atom. The molecule has 0 aliphatic carbocycles. The first-order valence-corrected chi connectivity index (χ1v) is 9.83. The van der Waals surface area contributed by atoms with Crippen LogP contribution in [0.15, 0.2) is 40.9 Å². The van der Waals surface area contributed by atoms with Crippen molar-refractivity contribution in [2.75, 3.05) is 13.2 Å². The molecule has 30 heavy (non-hydrogen) atoms. The van der Waals surface area contributed by atoms with E-state index >= 15 is 0 Å². The molecule has 0 bridgehead atoms. The molecule has 1 aliphatic heterocycles. The highest BCUT2D eigenvalue weighted by molar-refractivity contribution is 6.32. The molecule has 0 fully saturated rings. The van der Waals surface area contributed by atoms with Gasteiger partial charge in [0.2, 0.25) is 5.82 Å². The van der Waals surface area contributed by atoms with Crippen LogP contribution in [-0.4, -0.2) is 45.5 Å². The second-order valence-corrected chi connectivity index (χ2v) is 7.52. The normalized spacial score (nSPS) is 13.5. The van der Waals surface area contributed by atoms with Crippen LogP contribution in [0.5, 0.6) is 11.5 Å². The Morgan fingerprint density at radius 3 is 2.77 bits per heavy atom. The number of fused-ring (bicyclic) bond motifs is 1. The van der Waals surface area contributed by atoms with E-state index in [1.165, 1.54) is 4.90 Å². The second-order valence-electron chi connectivity index (χ2n) is 7.11. The average molecular weight is 430 g/mol. The molecule has 1 amide bonds. The first-order chi connectivity index (χ1) is 14.4. The van der Waals surface area contributed by atoms with Gasteiger partial charge in [0, 0.05) is 16.7 Å². The minimum atomic E-state index is -0.971. The van der Waals surface area contributed by atoms with Crippen LogP contribution in [0, 0.1) is 0 Å². The summed E-state index contributed by atoms with van der Waals surface area (Å²) in [5.74, 6) is 1.93. The molecule has 0 saturated heterocycles. The van der Waals surface area contributed by atoms with Gasteiger partial charge in [0.1, 0.15) is 18.1 Å². The van der Waals surface area contributed by atoms with E-state index in [4.69, 9.17) is 25.6 Å². The van der Waals surface area contributed by atoms with Crippen LogP contribution in [-0.2, 0) is 6.54 Å². The lowest BCUT2D eigenvalue weighted by Crippen LogP contribution is -2.30. The highest BCUT2D eigenvalue weighted by Gasteiger charge is 2.20. The van der Waals surface area contributed by atoms with Crippen molar-refractivity contribution in [1.82, 2.24) is 15.0 Å². The van der Waals surface area contributed by atoms with E-state index in [2.05, 4.69) is 10.1 Å². The van der Waals surface area contributed by atoms with Crippen molar-refractivity contribution in [3.05, 3.63) is 47.0 Å². The number of rotatable bonds is 4. The maximum atomic E-state index is 11.3. The minimum absolute atomic E-state index is 0.0152. The Labute approximate surface area is 178 Å². The lowest BCUT2D eigenvalue weighted by molar-refractivity contribution is 0.138. The molecule has 0 spiro atoms. The largest absolute Gasteiger partial charge is 0.491 e. The fraction of sp³-hybridized carbons (Fsp3) is 0.286. The highest BCUT2D eigenvalue weighted by Crippen LogP contribution is 2.33. The number of carbonyl (C=O) groups is 1. The summed E-state index contributed by atoms with van der Waals surface area (Å²) in [5.41, 5.74) is 2.17. The summed E-state index contributed by atoms with van der Waals surface area (Å²) in [4.78, 5) is 17.0. The van der Waals surface area contributed by atoms with E-state index in [-0.39, 0.29) is 19.3 Å². The molecule has 1 aliphatic rings. The standard InChI is InChI=1S/C21H20ClN3O5/c1-12(2)29-17-6-5-14(9-16(17)22)20-23-19(24-30-20)13-3-4-15-11-25(21(26)27)7-8-28-18(15)10-13/h3-6,9-10,12H,7-8,11H2,1-2H3,(H,26,27). The quantitative estimate of drug-likeness (QED) is 0.640. The van der Waals surface area contributed by atoms with Crippen molar-refractivity contribution in [3.63, 3.8) is 0 Å².